The largest absolute Gasteiger partial charge is 0.305 e. The molecule has 1 atom stereocenters. The third-order valence-corrected chi connectivity index (χ3v) is 1.99. The summed E-state index contributed by atoms with van der Waals surface area (Å²) in [7, 11) is 0. The number of hydrogen-bond acceptors (Lipinski definition) is 1. The van der Waals surface area contributed by atoms with Crippen molar-refractivity contribution in [1.82, 2.24) is 5.32 Å². The Morgan fingerprint density at radius 1 is 1.20 bits per heavy atom. The van der Waals surface area contributed by atoms with E-state index in [1.165, 1.54) is 0 Å². The Kier molecular flexibility index (Phi) is 4.08. The van der Waals surface area contributed by atoms with Crippen LogP contribution < -0.4 is 5.32 Å². The van der Waals surface area contributed by atoms with Crippen LogP contribution in [0.5, 0.6) is 0 Å². The van der Waals surface area contributed by atoms with Crippen molar-refractivity contribution in [3.63, 3.8) is 0 Å². The maximum atomic E-state index is 13.2. The number of halogens is 4. The topological polar surface area (TPSA) is 12.0 Å². The fourth-order valence-corrected chi connectivity index (χ4v) is 1.34. The van der Waals surface area contributed by atoms with Crippen LogP contribution in [0.4, 0.5) is 17.6 Å². The number of rotatable bonds is 4. The van der Waals surface area contributed by atoms with Gasteiger partial charge in [-0.3, -0.25) is 0 Å². The summed E-state index contributed by atoms with van der Waals surface area (Å²) in [4.78, 5) is 0. The van der Waals surface area contributed by atoms with E-state index in [1.807, 2.05) is 0 Å². The molecule has 84 valence electrons. The highest BCUT2D eigenvalue weighted by Crippen LogP contribution is 2.25. The lowest BCUT2D eigenvalue weighted by molar-refractivity contribution is 0.0956. The van der Waals surface area contributed by atoms with Gasteiger partial charge in [-0.25, -0.2) is 17.6 Å². The zero-order valence-corrected chi connectivity index (χ0v) is 8.11. The fourth-order valence-electron chi connectivity index (χ4n) is 1.34. The average Bonchev–Trinajstić information content (AvgIpc) is 2.15. The van der Waals surface area contributed by atoms with Crippen LogP contribution in [-0.2, 0) is 0 Å². The highest BCUT2D eigenvalue weighted by molar-refractivity contribution is 5.23. The van der Waals surface area contributed by atoms with E-state index in [-0.39, 0.29) is 6.54 Å². The number of alkyl halides is 2. The third kappa shape index (κ3) is 2.68. The number of hydrogen-bond donors (Lipinski definition) is 1. The van der Waals surface area contributed by atoms with Crippen molar-refractivity contribution in [2.45, 2.75) is 19.4 Å². The van der Waals surface area contributed by atoms with E-state index in [0.717, 1.165) is 18.2 Å². The van der Waals surface area contributed by atoms with E-state index >= 15 is 0 Å². The van der Waals surface area contributed by atoms with Gasteiger partial charge in [0.2, 0.25) is 0 Å². The van der Waals surface area contributed by atoms with Crippen molar-refractivity contribution in [2.24, 2.45) is 0 Å². The minimum atomic E-state index is -2.85. The second-order valence-corrected chi connectivity index (χ2v) is 3.01. The van der Waals surface area contributed by atoms with Crippen molar-refractivity contribution < 1.29 is 17.6 Å². The van der Waals surface area contributed by atoms with E-state index in [2.05, 4.69) is 5.32 Å². The van der Waals surface area contributed by atoms with Gasteiger partial charge >= 0.3 is 0 Å². The molecule has 0 aliphatic rings. The maximum absolute atomic E-state index is 13.2. The van der Waals surface area contributed by atoms with Crippen LogP contribution in [0.3, 0.4) is 0 Å². The molecule has 0 aliphatic carbocycles. The van der Waals surface area contributed by atoms with Crippen LogP contribution >= 0.6 is 0 Å². The monoisotopic (exact) mass is 221 g/mol. The quantitative estimate of drug-likeness (QED) is 0.771. The molecule has 1 aromatic rings. The molecular weight excluding hydrogens is 210 g/mol. The standard InChI is InChI=1S/C10H11F4N/c1-2-15-9(10(13)14)8-6(11)4-3-5-7(8)12/h3-5,9-10,15H,2H2,1H3. The predicted octanol–water partition coefficient (Wildman–Crippen LogP) is 2.88. The molecule has 0 saturated carbocycles. The van der Waals surface area contributed by atoms with Gasteiger partial charge in [0.05, 0.1) is 6.04 Å². The van der Waals surface area contributed by atoms with Crippen LogP contribution in [-0.4, -0.2) is 13.0 Å². The smallest absolute Gasteiger partial charge is 0.258 e. The molecule has 1 N–H and O–H groups in total. The Balaban J connectivity index is 3.10. The summed E-state index contributed by atoms with van der Waals surface area (Å²) in [6, 6.07) is 1.47. The summed E-state index contributed by atoms with van der Waals surface area (Å²) in [5, 5.41) is 2.35. The first-order chi connectivity index (χ1) is 7.07. The Bertz CT molecular complexity index is 307. The molecule has 1 nitrogen and oxygen atoms in total. The lowest BCUT2D eigenvalue weighted by Gasteiger charge is -2.18. The summed E-state index contributed by atoms with van der Waals surface area (Å²) in [5.74, 6) is -1.91. The Hall–Kier alpha value is -1.10. The van der Waals surface area contributed by atoms with Gasteiger partial charge < -0.3 is 5.32 Å². The fraction of sp³-hybridized carbons (Fsp3) is 0.400. The molecule has 1 unspecified atom stereocenters. The normalized spacial score (nSPS) is 13.2. The summed E-state index contributed by atoms with van der Waals surface area (Å²) >= 11 is 0. The van der Waals surface area contributed by atoms with Crippen LogP contribution in [0.25, 0.3) is 0 Å². The van der Waals surface area contributed by atoms with Gasteiger partial charge in [0.25, 0.3) is 6.43 Å². The summed E-state index contributed by atoms with van der Waals surface area (Å²) < 4.78 is 51.4. The second kappa shape index (κ2) is 5.11. The molecule has 0 spiro atoms. The van der Waals surface area contributed by atoms with E-state index in [9.17, 15) is 17.6 Å². The zero-order chi connectivity index (χ0) is 11.4. The van der Waals surface area contributed by atoms with Crippen LogP contribution in [0.15, 0.2) is 18.2 Å². The second-order valence-electron chi connectivity index (χ2n) is 3.01. The van der Waals surface area contributed by atoms with Crippen LogP contribution in [0, 0.1) is 11.6 Å². The van der Waals surface area contributed by atoms with Gasteiger partial charge in [0, 0.05) is 5.56 Å². The van der Waals surface area contributed by atoms with Crippen molar-refractivity contribution in [3.8, 4) is 0 Å². The minimum Gasteiger partial charge on any atom is -0.305 e. The molecule has 0 radical (unpaired) electrons. The number of nitrogens with one attached hydrogen (secondary N) is 1. The molecule has 0 heterocycles. The molecule has 0 aliphatic heterocycles. The first-order valence-electron chi connectivity index (χ1n) is 4.53. The SMILES string of the molecule is CCNC(c1c(F)cccc1F)C(F)F. The number of benzene rings is 1. The van der Waals surface area contributed by atoms with E-state index in [4.69, 9.17) is 0 Å². The summed E-state index contributed by atoms with van der Waals surface area (Å²) in [5.41, 5.74) is -0.602. The summed E-state index contributed by atoms with van der Waals surface area (Å²) in [6.45, 7) is 1.80. The first kappa shape index (κ1) is 12.0. The van der Waals surface area contributed by atoms with E-state index in [0.29, 0.717) is 0 Å². The lowest BCUT2D eigenvalue weighted by Crippen LogP contribution is -2.28. The van der Waals surface area contributed by atoms with Gasteiger partial charge in [-0.2, -0.15) is 0 Å². The maximum Gasteiger partial charge on any atom is 0.258 e. The van der Waals surface area contributed by atoms with E-state index < -0.39 is 29.7 Å². The van der Waals surface area contributed by atoms with Crippen molar-refractivity contribution in [2.75, 3.05) is 6.54 Å². The molecular formula is C10H11F4N. The van der Waals surface area contributed by atoms with Crippen molar-refractivity contribution >= 4 is 0 Å². The molecule has 0 fully saturated rings. The minimum absolute atomic E-state index is 0.211. The molecule has 0 bridgehead atoms. The van der Waals surface area contributed by atoms with Gasteiger partial charge in [-0.15, -0.1) is 0 Å². The van der Waals surface area contributed by atoms with Gasteiger partial charge in [0.15, 0.2) is 0 Å². The molecule has 5 heteroatoms. The van der Waals surface area contributed by atoms with Crippen LogP contribution in [0.1, 0.15) is 18.5 Å². The van der Waals surface area contributed by atoms with Gasteiger partial charge in [-0.05, 0) is 18.7 Å². The molecule has 1 aromatic carbocycles. The van der Waals surface area contributed by atoms with Gasteiger partial charge in [0.1, 0.15) is 11.6 Å². The Labute approximate surface area is 85.1 Å². The predicted molar refractivity (Wildman–Crippen MR) is 48.8 cm³/mol. The van der Waals surface area contributed by atoms with Crippen LogP contribution in [0.2, 0.25) is 0 Å². The lowest BCUT2D eigenvalue weighted by atomic mass is 10.1. The summed E-state index contributed by atoms with van der Waals surface area (Å²) in [6.07, 6.45) is -2.85. The molecule has 1 rings (SSSR count). The molecule has 0 aromatic heterocycles. The van der Waals surface area contributed by atoms with Gasteiger partial charge in [-0.1, -0.05) is 13.0 Å². The van der Waals surface area contributed by atoms with Crippen molar-refractivity contribution in [3.05, 3.63) is 35.4 Å². The van der Waals surface area contributed by atoms with E-state index in [1.54, 1.807) is 6.92 Å². The van der Waals surface area contributed by atoms with Crippen molar-refractivity contribution in [1.29, 1.82) is 0 Å². The average molecular weight is 221 g/mol. The Morgan fingerprint density at radius 3 is 2.13 bits per heavy atom. The Morgan fingerprint density at radius 2 is 1.73 bits per heavy atom. The highest BCUT2D eigenvalue weighted by Gasteiger charge is 2.27. The first-order valence-corrected chi connectivity index (χ1v) is 4.53. The molecule has 0 saturated heterocycles. The zero-order valence-electron chi connectivity index (χ0n) is 8.11. The highest BCUT2D eigenvalue weighted by atomic mass is 19.3. The molecule has 0 amide bonds. The molecule has 15 heavy (non-hydrogen) atoms. The third-order valence-electron chi connectivity index (χ3n) is 1.99.